The summed E-state index contributed by atoms with van der Waals surface area (Å²) in [6, 6.07) is 1.34. The summed E-state index contributed by atoms with van der Waals surface area (Å²) in [7, 11) is 1.53. The van der Waals surface area contributed by atoms with Gasteiger partial charge in [-0.05, 0) is 32.8 Å². The Kier molecular flexibility index (Phi) is 4.68. The van der Waals surface area contributed by atoms with Gasteiger partial charge in [0, 0.05) is 29.0 Å². The van der Waals surface area contributed by atoms with E-state index in [1.165, 1.54) is 18.7 Å². The van der Waals surface area contributed by atoms with Crippen LogP contribution in [0.2, 0.25) is 0 Å². The van der Waals surface area contributed by atoms with Gasteiger partial charge in [0.25, 0.3) is 15.0 Å². The summed E-state index contributed by atoms with van der Waals surface area (Å²) in [5, 5.41) is 3.05. The van der Waals surface area contributed by atoms with Gasteiger partial charge < -0.3 is 9.88 Å². The third-order valence-corrected chi connectivity index (χ3v) is 5.42. The zero-order valence-electron chi connectivity index (χ0n) is 12.4. The Morgan fingerprint density at radius 2 is 2.00 bits per heavy atom. The molecule has 21 heavy (non-hydrogen) atoms. The fraction of sp³-hybridized carbons (Fsp3) is 0.643. The number of aryl methyl sites for hydroxylation is 1. The van der Waals surface area contributed by atoms with Gasteiger partial charge in [-0.3, -0.25) is 4.79 Å². The predicted octanol–water partition coefficient (Wildman–Crippen LogP) is 2.89. The smallest absolute Gasteiger partial charge is 0.268 e. The SMILES string of the molecule is CCn1cc(S(=O)(=O)Cl)cc1C(=O)NC1(C)CCCCC1. The summed E-state index contributed by atoms with van der Waals surface area (Å²) in [5.41, 5.74) is 0.126. The molecule has 0 aromatic carbocycles. The van der Waals surface area contributed by atoms with Crippen LogP contribution < -0.4 is 5.32 Å². The quantitative estimate of drug-likeness (QED) is 0.862. The van der Waals surface area contributed by atoms with Crippen LogP contribution in [-0.4, -0.2) is 24.4 Å². The molecule has 118 valence electrons. The van der Waals surface area contributed by atoms with Gasteiger partial charge in [0.15, 0.2) is 0 Å². The van der Waals surface area contributed by atoms with E-state index in [2.05, 4.69) is 5.32 Å². The van der Waals surface area contributed by atoms with Gasteiger partial charge in [-0.25, -0.2) is 8.42 Å². The van der Waals surface area contributed by atoms with Gasteiger partial charge in [0.1, 0.15) is 10.6 Å². The molecule has 1 aliphatic carbocycles. The van der Waals surface area contributed by atoms with Crippen molar-refractivity contribution in [2.24, 2.45) is 0 Å². The van der Waals surface area contributed by atoms with Gasteiger partial charge >= 0.3 is 0 Å². The summed E-state index contributed by atoms with van der Waals surface area (Å²) >= 11 is 0. The number of halogens is 1. The summed E-state index contributed by atoms with van der Waals surface area (Å²) in [4.78, 5) is 12.4. The Hall–Kier alpha value is -1.01. The maximum absolute atomic E-state index is 12.5. The van der Waals surface area contributed by atoms with E-state index in [1.54, 1.807) is 4.57 Å². The van der Waals surface area contributed by atoms with Gasteiger partial charge in [-0.15, -0.1) is 0 Å². The molecule has 0 saturated heterocycles. The van der Waals surface area contributed by atoms with Crippen LogP contribution in [-0.2, 0) is 15.6 Å². The van der Waals surface area contributed by atoms with Crippen LogP contribution in [0.5, 0.6) is 0 Å². The zero-order valence-corrected chi connectivity index (χ0v) is 13.9. The average molecular weight is 333 g/mol. The van der Waals surface area contributed by atoms with Crippen LogP contribution in [0.25, 0.3) is 0 Å². The number of hydrogen-bond acceptors (Lipinski definition) is 3. The number of rotatable bonds is 4. The van der Waals surface area contributed by atoms with Crippen molar-refractivity contribution >= 4 is 25.6 Å². The molecule has 1 amide bonds. The first kappa shape index (κ1) is 16.4. The third kappa shape index (κ3) is 3.80. The van der Waals surface area contributed by atoms with Crippen LogP contribution >= 0.6 is 10.7 Å². The lowest BCUT2D eigenvalue weighted by Crippen LogP contribution is -2.47. The van der Waals surface area contributed by atoms with Crippen LogP contribution in [0.4, 0.5) is 0 Å². The Morgan fingerprint density at radius 1 is 1.38 bits per heavy atom. The molecule has 1 heterocycles. The number of hydrogen-bond donors (Lipinski definition) is 1. The fourth-order valence-electron chi connectivity index (χ4n) is 2.86. The standard InChI is InChI=1S/C14H21ClN2O3S/c1-3-17-10-11(21(15,19)20)9-12(17)13(18)16-14(2)7-5-4-6-8-14/h9-10H,3-8H2,1-2H3,(H,16,18). The second-order valence-corrected chi connectivity index (χ2v) is 8.43. The summed E-state index contributed by atoms with van der Waals surface area (Å²) in [6.45, 7) is 4.40. The van der Waals surface area contributed by atoms with Crippen molar-refractivity contribution in [1.82, 2.24) is 9.88 Å². The first-order valence-corrected chi connectivity index (χ1v) is 9.53. The minimum atomic E-state index is -3.83. The van der Waals surface area contributed by atoms with Gasteiger partial charge in [0.2, 0.25) is 0 Å². The lowest BCUT2D eigenvalue weighted by molar-refractivity contribution is 0.0873. The van der Waals surface area contributed by atoms with Crippen molar-refractivity contribution in [2.75, 3.05) is 0 Å². The molecule has 0 unspecified atom stereocenters. The fourth-order valence-corrected chi connectivity index (χ4v) is 3.62. The largest absolute Gasteiger partial charge is 0.346 e. The summed E-state index contributed by atoms with van der Waals surface area (Å²) in [5.74, 6) is -0.243. The third-order valence-electron chi connectivity index (χ3n) is 4.10. The maximum Gasteiger partial charge on any atom is 0.268 e. The van der Waals surface area contributed by atoms with E-state index in [9.17, 15) is 13.2 Å². The molecular weight excluding hydrogens is 312 g/mol. The molecule has 2 rings (SSSR count). The molecule has 0 aliphatic heterocycles. The van der Waals surface area contributed by atoms with Crippen molar-refractivity contribution in [1.29, 1.82) is 0 Å². The highest BCUT2D eigenvalue weighted by atomic mass is 35.7. The molecule has 0 spiro atoms. The minimum absolute atomic E-state index is 0.0371. The first-order valence-electron chi connectivity index (χ1n) is 7.22. The highest BCUT2D eigenvalue weighted by Crippen LogP contribution is 2.28. The Bertz CT molecular complexity index is 631. The molecule has 1 fully saturated rings. The van der Waals surface area contributed by atoms with E-state index in [4.69, 9.17) is 10.7 Å². The highest BCUT2D eigenvalue weighted by Gasteiger charge is 2.30. The molecule has 1 aromatic heterocycles. The Balaban J connectivity index is 2.24. The van der Waals surface area contributed by atoms with Gasteiger partial charge in [0.05, 0.1) is 0 Å². The van der Waals surface area contributed by atoms with E-state index in [-0.39, 0.29) is 16.3 Å². The van der Waals surface area contributed by atoms with Crippen molar-refractivity contribution in [3.8, 4) is 0 Å². The summed E-state index contributed by atoms with van der Waals surface area (Å²) in [6.07, 6.45) is 6.71. The van der Waals surface area contributed by atoms with E-state index < -0.39 is 9.05 Å². The average Bonchev–Trinajstić information content (AvgIpc) is 2.83. The normalized spacial score (nSPS) is 18.4. The molecule has 5 nitrogen and oxygen atoms in total. The van der Waals surface area contributed by atoms with Crippen molar-refractivity contribution in [3.63, 3.8) is 0 Å². The number of carbonyl (C=O) groups is 1. The highest BCUT2D eigenvalue weighted by molar-refractivity contribution is 8.13. The Labute approximate surface area is 130 Å². The molecule has 1 saturated carbocycles. The molecular formula is C14H21ClN2O3S. The molecule has 0 atom stereocenters. The number of carbonyl (C=O) groups excluding carboxylic acids is 1. The maximum atomic E-state index is 12.5. The topological polar surface area (TPSA) is 68.2 Å². The number of amides is 1. The molecule has 0 bridgehead atoms. The second-order valence-electron chi connectivity index (χ2n) is 5.86. The van der Waals surface area contributed by atoms with Crippen LogP contribution in [0.15, 0.2) is 17.2 Å². The van der Waals surface area contributed by atoms with Crippen LogP contribution in [0, 0.1) is 0 Å². The number of nitrogens with zero attached hydrogens (tertiary/aromatic N) is 1. The molecule has 0 radical (unpaired) electrons. The molecule has 1 aromatic rings. The van der Waals surface area contributed by atoms with Crippen LogP contribution in [0.3, 0.4) is 0 Å². The monoisotopic (exact) mass is 332 g/mol. The lowest BCUT2D eigenvalue weighted by Gasteiger charge is -2.34. The number of nitrogens with one attached hydrogen (secondary N) is 1. The summed E-state index contributed by atoms with van der Waals surface area (Å²) < 4.78 is 24.4. The zero-order chi connectivity index (χ0) is 15.7. The van der Waals surface area contributed by atoms with Crippen molar-refractivity contribution < 1.29 is 13.2 Å². The molecule has 1 N–H and O–H groups in total. The van der Waals surface area contributed by atoms with E-state index in [1.807, 2.05) is 13.8 Å². The van der Waals surface area contributed by atoms with Crippen LogP contribution in [0.1, 0.15) is 56.4 Å². The molecule has 7 heteroatoms. The van der Waals surface area contributed by atoms with E-state index in [0.717, 1.165) is 25.7 Å². The first-order chi connectivity index (χ1) is 9.75. The predicted molar refractivity (Wildman–Crippen MR) is 82.1 cm³/mol. The van der Waals surface area contributed by atoms with Crippen molar-refractivity contribution in [2.45, 2.75) is 62.9 Å². The Morgan fingerprint density at radius 3 is 2.52 bits per heavy atom. The minimum Gasteiger partial charge on any atom is -0.346 e. The van der Waals surface area contributed by atoms with Crippen molar-refractivity contribution in [3.05, 3.63) is 18.0 Å². The number of aromatic nitrogens is 1. The lowest BCUT2D eigenvalue weighted by atomic mass is 9.83. The van der Waals surface area contributed by atoms with E-state index in [0.29, 0.717) is 12.2 Å². The molecule has 1 aliphatic rings. The second kappa shape index (κ2) is 6.01. The van der Waals surface area contributed by atoms with E-state index >= 15 is 0 Å². The van der Waals surface area contributed by atoms with Gasteiger partial charge in [-0.2, -0.15) is 0 Å². The van der Waals surface area contributed by atoms with Gasteiger partial charge in [-0.1, -0.05) is 19.3 Å².